The average Bonchev–Trinajstić information content (AvgIpc) is 1.46. The van der Waals surface area contributed by atoms with Crippen molar-refractivity contribution in [2.45, 2.75) is 19.6 Å². The third-order valence-electron chi connectivity index (χ3n) is 28.7. The van der Waals surface area contributed by atoms with Gasteiger partial charge in [0, 0.05) is 175 Å². The lowest BCUT2D eigenvalue weighted by atomic mass is 9.95. The molecule has 30 rings (SSSR count). The molecule has 0 saturated heterocycles. The maximum atomic E-state index is 20.4. The topological polar surface area (TPSA) is 36.8 Å². The molecule has 0 bridgehead atoms. The van der Waals surface area contributed by atoms with Gasteiger partial charge in [-0.3, -0.25) is 4.21 Å². The van der Waals surface area contributed by atoms with Gasteiger partial charge in [-0.05, 0) is 214 Å². The molecule has 0 radical (unpaired) electrons. The SMILES string of the molecule is O=S12(c3ccc(-c4ccccc4-n4c5ccccc5c5cc6sc7ccccc7c6cc54)cc3-c3cc(-c4ccccc4-n4c5ccccc5c5cc6sc7ccccc7c6cc54)ccc31)c1ccc(-c3ccccc3-n3c4ccccc4c4cc5sc6ccccc6c5cc43)cc1-c1cc(-c3ccccc3-n3c4ccccc4c4cc5sc6ccccc6c5cc43)ccc12. The third kappa shape index (κ3) is 9.49. The highest BCUT2D eigenvalue weighted by Gasteiger charge is 2.58. The fraction of sp³-hybridized carbons (Fsp3) is 0. The van der Waals surface area contributed by atoms with E-state index in [2.05, 4.69) is 431 Å². The van der Waals surface area contributed by atoms with Crippen LogP contribution in [0.2, 0.25) is 0 Å². The Bertz CT molecular complexity index is 8940. The van der Waals surface area contributed by atoms with E-state index in [1.807, 2.05) is 45.3 Å². The fourth-order valence-electron chi connectivity index (χ4n) is 23.1. The summed E-state index contributed by atoms with van der Waals surface area (Å²) in [5, 5.41) is 19.7. The third-order valence-corrected chi connectivity index (χ3v) is 38.0. The van der Waals surface area contributed by atoms with E-state index in [1.165, 1.54) is 124 Å². The van der Waals surface area contributed by atoms with E-state index >= 15 is 4.21 Å². The summed E-state index contributed by atoms with van der Waals surface area (Å²) in [5.41, 5.74) is 25.5. The summed E-state index contributed by atoms with van der Waals surface area (Å²) >= 11 is 7.45. The zero-order valence-corrected chi connectivity index (χ0v) is 73.6. The van der Waals surface area contributed by atoms with Gasteiger partial charge in [0.05, 0.1) is 66.9 Å². The molecule has 0 unspecified atom stereocenters. The van der Waals surface area contributed by atoms with Crippen molar-refractivity contribution in [1.29, 1.82) is 0 Å². The van der Waals surface area contributed by atoms with E-state index in [4.69, 9.17) is 0 Å². The van der Waals surface area contributed by atoms with Gasteiger partial charge in [-0.25, -0.2) is 0 Å². The Morgan fingerprint density at radius 3 is 0.608 bits per heavy atom. The molecule has 20 aromatic carbocycles. The maximum Gasteiger partial charge on any atom is 0.0548 e. The first-order valence-electron chi connectivity index (χ1n) is 44.3. The van der Waals surface area contributed by atoms with Crippen LogP contribution in [0.4, 0.5) is 0 Å². The van der Waals surface area contributed by atoms with E-state index in [0.29, 0.717) is 0 Å². The number of benzene rings is 20. The lowest BCUT2D eigenvalue weighted by Crippen LogP contribution is -2.30. The zero-order valence-electron chi connectivity index (χ0n) is 69.5. The van der Waals surface area contributed by atoms with E-state index in [1.54, 1.807) is 0 Å². The molecule has 2 aliphatic rings. The molecule has 0 atom stereocenters. The highest BCUT2D eigenvalue weighted by molar-refractivity contribution is 8.21. The Balaban J connectivity index is 0.682. The molecule has 8 aromatic heterocycles. The molecule has 5 nitrogen and oxygen atoms in total. The van der Waals surface area contributed by atoms with E-state index < -0.39 is 9.07 Å². The van der Waals surface area contributed by atoms with Crippen LogP contribution < -0.4 is 0 Å². The highest BCUT2D eigenvalue weighted by atomic mass is 32.3. The predicted molar refractivity (Wildman–Crippen MR) is 556 cm³/mol. The maximum absolute atomic E-state index is 20.4. The number of hydrogen-bond donors (Lipinski definition) is 0. The molecule has 130 heavy (non-hydrogen) atoms. The van der Waals surface area contributed by atoms with Gasteiger partial charge in [0.25, 0.3) is 0 Å². The van der Waals surface area contributed by atoms with Crippen LogP contribution in [0, 0.1) is 0 Å². The molecule has 0 saturated carbocycles. The van der Waals surface area contributed by atoms with Gasteiger partial charge < -0.3 is 18.3 Å². The van der Waals surface area contributed by atoms with Crippen LogP contribution in [0.15, 0.2) is 432 Å². The molecule has 28 aromatic rings. The summed E-state index contributed by atoms with van der Waals surface area (Å²) in [4.78, 5) is 3.20. The molecule has 0 fully saturated rings. The lowest BCUT2D eigenvalue weighted by molar-refractivity contribution is 0.658. The van der Waals surface area contributed by atoms with Crippen molar-refractivity contribution in [2.75, 3.05) is 0 Å². The Labute approximate surface area is 760 Å². The molecule has 1 spiro atoms. The highest BCUT2D eigenvalue weighted by Crippen LogP contribution is 2.72. The Hall–Kier alpha value is -15.4. The quantitative estimate of drug-likeness (QED) is 0.149. The number of rotatable bonds is 8. The number of fused-ring (bicyclic) bond motifs is 34. The van der Waals surface area contributed by atoms with Crippen LogP contribution >= 0.6 is 45.3 Å². The minimum absolute atomic E-state index is 0.799. The van der Waals surface area contributed by atoms with Gasteiger partial charge in [-0.1, -0.05) is 243 Å². The summed E-state index contributed by atoms with van der Waals surface area (Å²) in [6.07, 6.45) is 0. The Kier molecular flexibility index (Phi) is 14.5. The van der Waals surface area contributed by atoms with Crippen LogP contribution in [-0.2, 0) is 9.07 Å². The van der Waals surface area contributed by atoms with Crippen LogP contribution in [0.25, 0.3) is 257 Å². The Morgan fingerprint density at radius 2 is 0.362 bits per heavy atom. The number of nitrogens with zero attached hydrogens (tertiary/aromatic N) is 4. The van der Waals surface area contributed by atoms with Crippen LogP contribution in [0.5, 0.6) is 0 Å². The number of para-hydroxylation sites is 8. The molecule has 10 heteroatoms. The van der Waals surface area contributed by atoms with Crippen molar-refractivity contribution in [3.63, 3.8) is 0 Å². The molecular formula is C120H68N4OS5. The molecule has 2 aliphatic heterocycles. The standard InChI is InChI=1S/C120H68N4OS5/c125-130(117-53-49-69(73-25-1-13-37-97(73)121-101-41-17-5-29-77(101)85-65-113-89(61-105(85)121)81-33-9-21-45-109(81)126-113)57-93(117)94-58-70(50-54-118(94)130)74-26-2-14-38-98(74)122-102-42-18-6-30-78(102)86-66-114-90(62-106(86)122)82-34-10-22-46-110(82)127-114)119-55-51-71(75-27-3-15-39-99(75)123-103-43-19-7-31-79(103)87-67-115-91(63-107(87)123)83-35-11-23-47-111(83)128-115)59-95(119)96-60-72(52-56-120(96)130)76-28-4-16-40-100(76)124-104-44-20-8-32-80(104)88-68-116-92(64-108(88)124)84-36-12-24-48-112(84)129-116/h1-68H. The number of hydrogen-bond acceptors (Lipinski definition) is 5. The fourth-order valence-corrected chi connectivity index (χ4v) is 32.7. The minimum Gasteiger partial charge on any atom is -0.309 e. The second kappa shape index (κ2) is 26.2. The predicted octanol–water partition coefficient (Wildman–Crippen LogP) is 34.5. The van der Waals surface area contributed by atoms with Crippen LogP contribution in [0.1, 0.15) is 0 Å². The van der Waals surface area contributed by atoms with E-state index in [0.717, 1.165) is 153 Å². The average molecular weight is 1740 g/mol. The van der Waals surface area contributed by atoms with Gasteiger partial charge in [0.15, 0.2) is 0 Å². The summed E-state index contributed by atoms with van der Waals surface area (Å²) < 4.78 is 40.6. The van der Waals surface area contributed by atoms with Gasteiger partial charge in [-0.15, -0.1) is 45.3 Å². The monoisotopic (exact) mass is 1740 g/mol. The van der Waals surface area contributed by atoms with Crippen molar-refractivity contribution in [2.24, 2.45) is 0 Å². The first kappa shape index (κ1) is 71.7. The van der Waals surface area contributed by atoms with Crippen molar-refractivity contribution in [1.82, 2.24) is 18.3 Å². The number of aromatic nitrogens is 4. The number of thiophene rings is 4. The van der Waals surface area contributed by atoms with Gasteiger partial charge in [0.2, 0.25) is 0 Å². The Morgan fingerprint density at radius 1 is 0.154 bits per heavy atom. The molecule has 0 N–H and O–H groups in total. The summed E-state index contributed by atoms with van der Waals surface area (Å²) in [7, 11) is -4.77. The van der Waals surface area contributed by atoms with Gasteiger partial charge >= 0.3 is 0 Å². The minimum atomic E-state index is -4.77. The van der Waals surface area contributed by atoms with Gasteiger partial charge in [-0.2, -0.15) is 0 Å². The molecule has 0 aliphatic carbocycles. The summed E-state index contributed by atoms with van der Waals surface area (Å²) in [6.45, 7) is 0. The van der Waals surface area contributed by atoms with Crippen molar-refractivity contribution >= 4 is 222 Å². The largest absolute Gasteiger partial charge is 0.309 e. The van der Waals surface area contributed by atoms with Crippen LogP contribution in [-0.4, -0.2) is 22.5 Å². The summed E-state index contributed by atoms with van der Waals surface area (Å²) in [6, 6.07) is 154. The van der Waals surface area contributed by atoms with Crippen LogP contribution in [0.3, 0.4) is 0 Å². The lowest BCUT2D eigenvalue weighted by Gasteiger charge is -2.39. The van der Waals surface area contributed by atoms with Crippen molar-refractivity contribution in [3.05, 3.63) is 413 Å². The first-order chi connectivity index (χ1) is 64.3. The first-order valence-corrected chi connectivity index (χ1v) is 49.5. The molecule has 0 amide bonds. The van der Waals surface area contributed by atoms with Gasteiger partial charge in [0.1, 0.15) is 0 Å². The molecular weight excluding hydrogens is 1670 g/mol. The molecule has 10 heterocycles. The molecule has 604 valence electrons. The smallest absolute Gasteiger partial charge is 0.0548 e. The normalized spacial score (nSPS) is 13.7. The van der Waals surface area contributed by atoms with Crippen molar-refractivity contribution in [3.8, 4) is 89.5 Å². The second-order valence-corrected chi connectivity index (χ2v) is 43.1. The summed E-state index contributed by atoms with van der Waals surface area (Å²) in [5.74, 6) is 0. The van der Waals surface area contributed by atoms with E-state index in [9.17, 15) is 0 Å². The van der Waals surface area contributed by atoms with E-state index in [-0.39, 0.29) is 0 Å². The van der Waals surface area contributed by atoms with Crippen molar-refractivity contribution < 1.29 is 4.21 Å². The second-order valence-electron chi connectivity index (χ2n) is 35.1. The zero-order chi connectivity index (χ0) is 84.7.